The normalized spacial score (nSPS) is 14.5. The third kappa shape index (κ3) is 7.75. The van der Waals surface area contributed by atoms with Gasteiger partial charge < -0.3 is 20.9 Å². The Morgan fingerprint density at radius 1 is 0.677 bits per heavy atom. The number of amidine groups is 2. The van der Waals surface area contributed by atoms with Gasteiger partial charge in [-0.3, -0.25) is 20.6 Å². The van der Waals surface area contributed by atoms with Crippen molar-refractivity contribution < 1.29 is 9.47 Å². The maximum atomic E-state index is 7.41. The van der Waals surface area contributed by atoms with Gasteiger partial charge in [-0.2, -0.15) is 0 Å². The molecule has 2 aromatic carbocycles. The molecule has 9 heteroatoms. The van der Waals surface area contributed by atoms with E-state index in [9.17, 15) is 0 Å². The number of halogens is 1. The lowest BCUT2D eigenvalue weighted by Gasteiger charge is -2.34. The molecule has 0 spiro atoms. The second kappa shape index (κ2) is 12.1. The molecule has 0 radical (unpaired) electrons. The van der Waals surface area contributed by atoms with Crippen molar-refractivity contribution >= 4 is 24.1 Å². The van der Waals surface area contributed by atoms with Gasteiger partial charge in [0.25, 0.3) is 0 Å². The molecular formula is C22H31ClN6O2. The summed E-state index contributed by atoms with van der Waals surface area (Å²) in [5, 5.41) is 14.8. The zero-order valence-electron chi connectivity index (χ0n) is 17.5. The molecule has 0 unspecified atom stereocenters. The Bertz CT molecular complexity index is 765. The van der Waals surface area contributed by atoms with Crippen LogP contribution in [0.1, 0.15) is 11.1 Å². The first-order chi connectivity index (χ1) is 14.5. The van der Waals surface area contributed by atoms with Crippen LogP contribution in [0.25, 0.3) is 0 Å². The number of hydrogen-bond donors (Lipinski definition) is 4. The third-order valence-electron chi connectivity index (χ3n) is 5.15. The van der Waals surface area contributed by atoms with Crippen LogP contribution in [0.4, 0.5) is 0 Å². The second-order valence-electron chi connectivity index (χ2n) is 7.26. The van der Waals surface area contributed by atoms with Gasteiger partial charge in [-0.05, 0) is 48.5 Å². The van der Waals surface area contributed by atoms with E-state index in [1.54, 1.807) is 24.3 Å². The molecule has 1 saturated heterocycles. The number of piperazine rings is 1. The fourth-order valence-corrected chi connectivity index (χ4v) is 3.28. The molecule has 31 heavy (non-hydrogen) atoms. The number of hydrogen-bond acceptors (Lipinski definition) is 6. The van der Waals surface area contributed by atoms with Gasteiger partial charge in [0.2, 0.25) is 0 Å². The lowest BCUT2D eigenvalue weighted by Crippen LogP contribution is -2.48. The molecular weight excluding hydrogens is 416 g/mol. The molecule has 1 aliphatic heterocycles. The van der Waals surface area contributed by atoms with E-state index in [2.05, 4.69) is 9.80 Å². The molecule has 0 aromatic heterocycles. The van der Waals surface area contributed by atoms with Crippen molar-refractivity contribution in [2.75, 3.05) is 52.5 Å². The monoisotopic (exact) mass is 446 g/mol. The van der Waals surface area contributed by atoms with Crippen molar-refractivity contribution in [3.05, 3.63) is 59.7 Å². The minimum Gasteiger partial charge on any atom is -0.492 e. The Morgan fingerprint density at radius 2 is 1.00 bits per heavy atom. The number of benzene rings is 2. The van der Waals surface area contributed by atoms with Crippen molar-refractivity contribution in [1.29, 1.82) is 10.8 Å². The van der Waals surface area contributed by atoms with E-state index in [0.29, 0.717) is 24.3 Å². The first-order valence-corrected chi connectivity index (χ1v) is 10.1. The number of nitrogens with two attached hydrogens (primary N) is 2. The number of nitrogen functional groups attached to an aromatic ring is 2. The fraction of sp³-hybridized carbons (Fsp3) is 0.364. The Balaban J connectivity index is 0.00000341. The minimum atomic E-state index is 0. The molecule has 6 N–H and O–H groups in total. The first-order valence-electron chi connectivity index (χ1n) is 10.1. The van der Waals surface area contributed by atoms with E-state index in [0.717, 1.165) is 50.8 Å². The highest BCUT2D eigenvalue weighted by Crippen LogP contribution is 2.13. The highest BCUT2D eigenvalue weighted by Gasteiger charge is 2.16. The average Bonchev–Trinajstić information content (AvgIpc) is 2.75. The zero-order valence-corrected chi connectivity index (χ0v) is 18.4. The van der Waals surface area contributed by atoms with E-state index in [4.69, 9.17) is 31.8 Å². The summed E-state index contributed by atoms with van der Waals surface area (Å²) < 4.78 is 11.6. The maximum absolute atomic E-state index is 7.41. The highest BCUT2D eigenvalue weighted by molar-refractivity contribution is 5.95. The van der Waals surface area contributed by atoms with Gasteiger partial charge in [-0.25, -0.2) is 0 Å². The molecule has 1 fully saturated rings. The van der Waals surface area contributed by atoms with Crippen molar-refractivity contribution in [1.82, 2.24) is 9.80 Å². The quantitative estimate of drug-likeness (QED) is 0.325. The number of ether oxygens (including phenoxy) is 2. The predicted molar refractivity (Wildman–Crippen MR) is 126 cm³/mol. The smallest absolute Gasteiger partial charge is 0.122 e. The molecule has 8 nitrogen and oxygen atoms in total. The molecule has 1 heterocycles. The summed E-state index contributed by atoms with van der Waals surface area (Å²) in [7, 11) is 0. The standard InChI is InChI=1S/C22H30N6O2.ClH/c23-21(24)17-1-5-19(6-2-17)29-15-13-27-9-11-28(12-10-27)14-16-30-20-7-3-18(4-8-20)22(25)26;/h1-8H,9-16H2,(H3,23,24)(H3,25,26);1H. The molecule has 0 amide bonds. The topological polar surface area (TPSA) is 125 Å². The van der Waals surface area contributed by atoms with Crippen molar-refractivity contribution in [3.63, 3.8) is 0 Å². The van der Waals surface area contributed by atoms with Gasteiger partial charge >= 0.3 is 0 Å². The molecule has 3 rings (SSSR count). The van der Waals surface area contributed by atoms with E-state index >= 15 is 0 Å². The number of nitrogens with zero attached hydrogens (tertiary/aromatic N) is 2. The Kier molecular flexibility index (Phi) is 9.58. The van der Waals surface area contributed by atoms with Crippen molar-refractivity contribution in [3.8, 4) is 11.5 Å². The largest absolute Gasteiger partial charge is 0.492 e. The lowest BCUT2D eigenvalue weighted by molar-refractivity contribution is 0.105. The number of rotatable bonds is 10. The highest BCUT2D eigenvalue weighted by atomic mass is 35.5. The molecule has 0 bridgehead atoms. The summed E-state index contributed by atoms with van der Waals surface area (Å²) in [6.07, 6.45) is 0. The zero-order chi connectivity index (χ0) is 21.3. The minimum absolute atomic E-state index is 0. The summed E-state index contributed by atoms with van der Waals surface area (Å²) in [5.41, 5.74) is 12.3. The van der Waals surface area contributed by atoms with Crippen LogP contribution >= 0.6 is 12.4 Å². The lowest BCUT2D eigenvalue weighted by atomic mass is 10.2. The summed E-state index contributed by atoms with van der Waals surface area (Å²) in [5.74, 6) is 1.73. The molecule has 0 aliphatic carbocycles. The van der Waals surface area contributed by atoms with Crippen LogP contribution in [0.5, 0.6) is 11.5 Å². The molecule has 2 aromatic rings. The first kappa shape index (κ1) is 24.5. The third-order valence-corrected chi connectivity index (χ3v) is 5.15. The van der Waals surface area contributed by atoms with Crippen LogP contribution in [0, 0.1) is 10.8 Å². The van der Waals surface area contributed by atoms with Crippen LogP contribution in [-0.4, -0.2) is 74.0 Å². The predicted octanol–water partition coefficient (Wildman–Crippen LogP) is 1.75. The van der Waals surface area contributed by atoms with E-state index in [-0.39, 0.29) is 24.1 Å². The van der Waals surface area contributed by atoms with Crippen molar-refractivity contribution in [2.24, 2.45) is 11.5 Å². The Labute approximate surface area is 189 Å². The van der Waals surface area contributed by atoms with Gasteiger partial charge in [0.05, 0.1) is 0 Å². The van der Waals surface area contributed by atoms with Gasteiger partial charge in [0.15, 0.2) is 0 Å². The SMILES string of the molecule is Cl.N=C(N)c1ccc(OCCN2CCN(CCOc3ccc(C(=N)N)cc3)CC2)cc1. The van der Waals surface area contributed by atoms with Crippen LogP contribution < -0.4 is 20.9 Å². The van der Waals surface area contributed by atoms with Gasteiger partial charge in [0, 0.05) is 50.4 Å². The van der Waals surface area contributed by atoms with Crippen LogP contribution in [-0.2, 0) is 0 Å². The maximum Gasteiger partial charge on any atom is 0.122 e. The van der Waals surface area contributed by atoms with Crippen molar-refractivity contribution in [2.45, 2.75) is 0 Å². The Morgan fingerprint density at radius 3 is 1.29 bits per heavy atom. The van der Waals surface area contributed by atoms with Crippen LogP contribution in [0.2, 0.25) is 0 Å². The van der Waals surface area contributed by atoms with E-state index in [1.165, 1.54) is 0 Å². The van der Waals surface area contributed by atoms with Crippen LogP contribution in [0.3, 0.4) is 0 Å². The van der Waals surface area contributed by atoms with Gasteiger partial charge in [0.1, 0.15) is 36.4 Å². The van der Waals surface area contributed by atoms with Gasteiger partial charge in [-0.15, -0.1) is 12.4 Å². The van der Waals surface area contributed by atoms with Crippen LogP contribution in [0.15, 0.2) is 48.5 Å². The molecule has 0 saturated carbocycles. The van der Waals surface area contributed by atoms with E-state index in [1.807, 2.05) is 24.3 Å². The van der Waals surface area contributed by atoms with Gasteiger partial charge in [-0.1, -0.05) is 0 Å². The fourth-order valence-electron chi connectivity index (χ4n) is 3.28. The molecule has 0 atom stereocenters. The summed E-state index contributed by atoms with van der Waals surface area (Å²) in [6.45, 7) is 7.11. The summed E-state index contributed by atoms with van der Waals surface area (Å²) >= 11 is 0. The summed E-state index contributed by atoms with van der Waals surface area (Å²) in [6, 6.07) is 14.6. The second-order valence-corrected chi connectivity index (χ2v) is 7.26. The average molecular weight is 447 g/mol. The van der Waals surface area contributed by atoms with E-state index < -0.39 is 0 Å². The summed E-state index contributed by atoms with van der Waals surface area (Å²) in [4.78, 5) is 4.81. The number of nitrogens with one attached hydrogen (secondary N) is 2. The molecule has 168 valence electrons. The Hall–Kier alpha value is -2.81. The molecule has 1 aliphatic rings.